The van der Waals surface area contributed by atoms with Crippen molar-refractivity contribution in [1.82, 2.24) is 19.7 Å². The lowest BCUT2D eigenvalue weighted by molar-refractivity contribution is 0.365. The average Bonchev–Trinajstić information content (AvgIpc) is 3.27. The number of hydrogen-bond donors (Lipinski definition) is 0. The summed E-state index contributed by atoms with van der Waals surface area (Å²) in [6, 6.07) is 18.7. The highest BCUT2D eigenvalue weighted by Crippen LogP contribution is 2.30. The van der Waals surface area contributed by atoms with Crippen molar-refractivity contribution in [3.8, 4) is 11.4 Å². The number of pyridine rings is 1. The number of aromatic nitrogens is 4. The smallest absolute Gasteiger partial charge is 0.234 e. The normalized spacial score (nSPS) is 12.2. The molecule has 1 atom stereocenters. The van der Waals surface area contributed by atoms with Crippen molar-refractivity contribution in [1.29, 1.82) is 0 Å². The van der Waals surface area contributed by atoms with Gasteiger partial charge in [-0.15, -0.1) is 18.5 Å². The summed E-state index contributed by atoms with van der Waals surface area (Å²) in [4.78, 5) is 9.05. The third-order valence-corrected chi connectivity index (χ3v) is 6.22. The Morgan fingerprint density at radius 2 is 1.79 bits per heavy atom. The summed E-state index contributed by atoms with van der Waals surface area (Å²) in [6.45, 7) is 5.10. The van der Waals surface area contributed by atoms with Gasteiger partial charge < -0.3 is 9.09 Å². The monoisotopic (exact) mass is 455 g/mol. The van der Waals surface area contributed by atoms with Crippen LogP contribution in [0.2, 0.25) is 5.02 Å². The molecular formula is C27H24ClN4O-. The van der Waals surface area contributed by atoms with E-state index in [4.69, 9.17) is 21.1 Å². The number of benzene rings is 2. The predicted octanol–water partition coefficient (Wildman–Crippen LogP) is 6.35. The SMILES string of the molecule is Cc1ccc(CC(c2cncc(Cl)c2)c2nc(-c3ccc(Cn4cc[cH-]4)cc3)no2)cc1C. The fourth-order valence-electron chi connectivity index (χ4n) is 3.91. The van der Waals surface area contributed by atoms with Crippen LogP contribution in [-0.4, -0.2) is 19.7 Å². The lowest BCUT2D eigenvalue weighted by Crippen LogP contribution is -2.07. The first-order valence-corrected chi connectivity index (χ1v) is 11.3. The van der Waals surface area contributed by atoms with Gasteiger partial charge in [0.05, 0.1) is 10.9 Å². The molecule has 3 aromatic heterocycles. The maximum absolute atomic E-state index is 6.25. The van der Waals surface area contributed by atoms with Crippen LogP contribution in [-0.2, 0) is 13.0 Å². The van der Waals surface area contributed by atoms with E-state index in [0.717, 1.165) is 17.7 Å². The zero-order valence-corrected chi connectivity index (χ0v) is 19.3. The molecule has 5 rings (SSSR count). The average molecular weight is 456 g/mol. The summed E-state index contributed by atoms with van der Waals surface area (Å²) in [5, 5.41) is 4.86. The van der Waals surface area contributed by atoms with Crippen molar-refractivity contribution in [3.05, 3.63) is 118 Å². The van der Waals surface area contributed by atoms with Gasteiger partial charge in [0.15, 0.2) is 0 Å². The first-order chi connectivity index (χ1) is 16.0. The second-order valence-electron chi connectivity index (χ2n) is 8.43. The maximum atomic E-state index is 6.25. The largest absolute Gasteiger partial charge is 0.455 e. The molecular weight excluding hydrogens is 432 g/mol. The Kier molecular flexibility index (Phi) is 5.88. The van der Waals surface area contributed by atoms with Crippen LogP contribution in [0.15, 0.2) is 83.9 Å². The molecule has 0 fully saturated rings. The van der Waals surface area contributed by atoms with Crippen LogP contribution >= 0.6 is 11.6 Å². The van der Waals surface area contributed by atoms with Gasteiger partial charge in [-0.05, 0) is 54.2 Å². The van der Waals surface area contributed by atoms with Crippen LogP contribution in [0.3, 0.4) is 0 Å². The molecule has 0 bridgehead atoms. The molecule has 0 N–H and O–H groups in total. The van der Waals surface area contributed by atoms with Gasteiger partial charge in [0.2, 0.25) is 11.7 Å². The fraction of sp³-hybridized carbons (Fsp3) is 0.185. The fourth-order valence-corrected chi connectivity index (χ4v) is 4.09. The summed E-state index contributed by atoms with van der Waals surface area (Å²) in [5.41, 5.74) is 6.82. The van der Waals surface area contributed by atoms with E-state index in [1.54, 1.807) is 6.20 Å². The van der Waals surface area contributed by atoms with E-state index in [1.165, 1.54) is 22.3 Å². The molecule has 6 heteroatoms. The van der Waals surface area contributed by atoms with Crippen LogP contribution in [0, 0.1) is 13.8 Å². The zero-order valence-electron chi connectivity index (χ0n) is 18.6. The van der Waals surface area contributed by atoms with Crippen molar-refractivity contribution in [2.24, 2.45) is 0 Å². The molecule has 0 aliphatic heterocycles. The number of hydrogen-bond acceptors (Lipinski definition) is 4. The van der Waals surface area contributed by atoms with Crippen molar-refractivity contribution in [2.75, 3.05) is 0 Å². The van der Waals surface area contributed by atoms with Gasteiger partial charge >= 0.3 is 0 Å². The number of halogens is 1. The minimum atomic E-state index is -0.146. The summed E-state index contributed by atoms with van der Waals surface area (Å²) in [6.07, 6.45) is 8.27. The van der Waals surface area contributed by atoms with Crippen molar-refractivity contribution in [2.45, 2.75) is 32.7 Å². The molecule has 2 aromatic carbocycles. The molecule has 0 saturated carbocycles. The van der Waals surface area contributed by atoms with Crippen LogP contribution < -0.4 is 0 Å². The Morgan fingerprint density at radius 3 is 2.48 bits per heavy atom. The molecule has 5 aromatic rings. The predicted molar refractivity (Wildman–Crippen MR) is 130 cm³/mol. The van der Waals surface area contributed by atoms with Gasteiger partial charge in [-0.2, -0.15) is 4.98 Å². The van der Waals surface area contributed by atoms with E-state index in [-0.39, 0.29) is 5.92 Å². The highest BCUT2D eigenvalue weighted by Gasteiger charge is 2.23. The molecule has 0 spiro atoms. The van der Waals surface area contributed by atoms with E-state index >= 15 is 0 Å². The third-order valence-electron chi connectivity index (χ3n) is 6.01. The van der Waals surface area contributed by atoms with Gasteiger partial charge in [0.25, 0.3) is 0 Å². The first kappa shape index (κ1) is 21.3. The van der Waals surface area contributed by atoms with E-state index in [0.29, 0.717) is 23.2 Å². The van der Waals surface area contributed by atoms with Gasteiger partial charge in [-0.1, -0.05) is 59.2 Å². The molecule has 0 aliphatic carbocycles. The Balaban J connectivity index is 1.44. The molecule has 166 valence electrons. The van der Waals surface area contributed by atoms with Crippen LogP contribution in [0.4, 0.5) is 0 Å². The Labute approximate surface area is 198 Å². The zero-order chi connectivity index (χ0) is 22.8. The molecule has 0 aliphatic rings. The van der Waals surface area contributed by atoms with Crippen LogP contribution in [0.1, 0.15) is 39.6 Å². The van der Waals surface area contributed by atoms with Crippen molar-refractivity contribution in [3.63, 3.8) is 0 Å². The quantitative estimate of drug-likeness (QED) is 0.268. The van der Waals surface area contributed by atoms with Crippen LogP contribution in [0.5, 0.6) is 0 Å². The Morgan fingerprint density at radius 1 is 1.00 bits per heavy atom. The van der Waals surface area contributed by atoms with E-state index < -0.39 is 0 Å². The van der Waals surface area contributed by atoms with E-state index in [9.17, 15) is 0 Å². The Hall–Kier alpha value is -3.57. The van der Waals surface area contributed by atoms with Gasteiger partial charge in [0, 0.05) is 24.5 Å². The van der Waals surface area contributed by atoms with Crippen molar-refractivity contribution >= 4 is 11.6 Å². The molecule has 0 amide bonds. The van der Waals surface area contributed by atoms with Gasteiger partial charge in [0.1, 0.15) is 0 Å². The third kappa shape index (κ3) is 4.78. The summed E-state index contributed by atoms with van der Waals surface area (Å²) in [7, 11) is 0. The minimum Gasteiger partial charge on any atom is -0.455 e. The molecule has 0 saturated heterocycles. The summed E-state index contributed by atoms with van der Waals surface area (Å²) in [5.74, 6) is 0.983. The highest BCUT2D eigenvalue weighted by atomic mass is 35.5. The molecule has 3 heterocycles. The first-order valence-electron chi connectivity index (χ1n) is 10.9. The highest BCUT2D eigenvalue weighted by molar-refractivity contribution is 6.30. The molecule has 33 heavy (non-hydrogen) atoms. The number of nitrogens with zero attached hydrogens (tertiary/aromatic N) is 4. The number of rotatable bonds is 7. The molecule has 5 nitrogen and oxygen atoms in total. The Bertz CT molecular complexity index is 1350. The van der Waals surface area contributed by atoms with E-state index in [1.807, 2.05) is 30.5 Å². The second kappa shape index (κ2) is 9.12. The standard InChI is InChI=1S/C27H24ClN4O/c1-18-4-5-21(12-19(18)2)13-25(23-14-24(28)16-29-15-23)27-30-26(31-33-27)22-8-6-20(7-9-22)17-32-10-3-11-32/h3-12,14-16,25H,13,17H2,1-2H3/q-1. The van der Waals surface area contributed by atoms with Gasteiger partial charge in [-0.25, -0.2) is 0 Å². The van der Waals surface area contributed by atoms with Crippen LogP contribution in [0.25, 0.3) is 11.4 Å². The number of aryl methyl sites for hydroxylation is 2. The lowest BCUT2D eigenvalue weighted by Gasteiger charge is -2.15. The summed E-state index contributed by atoms with van der Waals surface area (Å²) >= 11 is 6.25. The molecule has 0 radical (unpaired) electrons. The van der Waals surface area contributed by atoms with Gasteiger partial charge in [-0.3, -0.25) is 4.98 Å². The van der Waals surface area contributed by atoms with Crippen molar-refractivity contribution < 1.29 is 4.52 Å². The van der Waals surface area contributed by atoms with E-state index in [2.05, 4.69) is 71.3 Å². The second-order valence-corrected chi connectivity index (χ2v) is 8.86. The summed E-state index contributed by atoms with van der Waals surface area (Å²) < 4.78 is 7.91. The molecule has 1 unspecified atom stereocenters. The minimum absolute atomic E-state index is 0.146. The maximum Gasteiger partial charge on any atom is 0.234 e. The lowest BCUT2D eigenvalue weighted by atomic mass is 9.91. The topological polar surface area (TPSA) is 56.7 Å².